The summed E-state index contributed by atoms with van der Waals surface area (Å²) in [7, 11) is 0. The summed E-state index contributed by atoms with van der Waals surface area (Å²) in [5, 5.41) is 0. The molecule has 1 aliphatic heterocycles. The average Bonchev–Trinajstić information content (AvgIpc) is 2.58. The van der Waals surface area contributed by atoms with Crippen molar-refractivity contribution in [1.82, 2.24) is 4.90 Å². The summed E-state index contributed by atoms with van der Waals surface area (Å²) >= 11 is 0. The normalized spacial score (nSPS) is 21.5. The van der Waals surface area contributed by atoms with E-state index in [4.69, 9.17) is 0 Å². The molecule has 2 rings (SSSR count). The molecule has 1 heterocycles. The molecule has 0 N–H and O–H groups in total. The van der Waals surface area contributed by atoms with Crippen molar-refractivity contribution < 1.29 is 9.41 Å². The van der Waals surface area contributed by atoms with Gasteiger partial charge in [0.05, 0.1) is 0 Å². The van der Waals surface area contributed by atoms with Crippen molar-refractivity contribution in [2.75, 3.05) is 13.1 Å². The lowest BCUT2D eigenvalue weighted by atomic mass is 10.0. The molecule has 78 valence electrons. The maximum Gasteiger partial charge on any atom is 0.0175 e. The van der Waals surface area contributed by atoms with Crippen molar-refractivity contribution in [3.8, 4) is 0 Å². The van der Waals surface area contributed by atoms with E-state index in [0.717, 1.165) is 0 Å². The standard InChI is InChI=1S/C10H17N.2FH/c1-2-6-10(7-3-1)11-8-4-5-9-11;;/h6H,1-5,7-9H2;2*1H. The molecule has 0 aromatic rings. The van der Waals surface area contributed by atoms with Gasteiger partial charge in [-0.3, -0.25) is 9.41 Å². The fraction of sp³-hybridized carbons (Fsp3) is 0.800. The summed E-state index contributed by atoms with van der Waals surface area (Å²) < 4.78 is 0. The highest BCUT2D eigenvalue weighted by Gasteiger charge is 2.15. The predicted molar refractivity (Wildman–Crippen MR) is 52.4 cm³/mol. The third-order valence-electron chi connectivity index (χ3n) is 2.78. The number of hydrogen-bond acceptors (Lipinski definition) is 1. The van der Waals surface area contributed by atoms with Crippen LogP contribution in [0.2, 0.25) is 0 Å². The van der Waals surface area contributed by atoms with Gasteiger partial charge in [0.2, 0.25) is 0 Å². The molecule has 0 saturated carbocycles. The van der Waals surface area contributed by atoms with Crippen molar-refractivity contribution in [2.24, 2.45) is 0 Å². The predicted octanol–water partition coefficient (Wildman–Crippen LogP) is 2.85. The van der Waals surface area contributed by atoms with E-state index in [-0.39, 0.29) is 9.41 Å². The van der Waals surface area contributed by atoms with Gasteiger partial charge in [-0.25, -0.2) is 0 Å². The smallest absolute Gasteiger partial charge is 0.0175 e. The van der Waals surface area contributed by atoms with E-state index in [1.807, 2.05) is 0 Å². The van der Waals surface area contributed by atoms with Crippen molar-refractivity contribution in [3.63, 3.8) is 0 Å². The molecule has 0 amide bonds. The summed E-state index contributed by atoms with van der Waals surface area (Å²) in [6.45, 7) is 2.65. The minimum Gasteiger partial charge on any atom is -0.375 e. The van der Waals surface area contributed by atoms with E-state index in [9.17, 15) is 0 Å². The van der Waals surface area contributed by atoms with E-state index in [2.05, 4.69) is 11.0 Å². The molecule has 13 heavy (non-hydrogen) atoms. The van der Waals surface area contributed by atoms with Gasteiger partial charge < -0.3 is 4.90 Å². The molecule has 3 heteroatoms. The highest BCUT2D eigenvalue weighted by atomic mass is 19.0. The average molecular weight is 191 g/mol. The fourth-order valence-electron chi connectivity index (χ4n) is 2.11. The van der Waals surface area contributed by atoms with Gasteiger partial charge >= 0.3 is 0 Å². The molecule has 0 aromatic heterocycles. The number of halogens is 2. The Labute approximate surface area is 78.5 Å². The Morgan fingerprint density at radius 2 is 1.62 bits per heavy atom. The SMILES string of the molecule is C1=C(N2CCCC2)CCCC1.F.F. The van der Waals surface area contributed by atoms with E-state index < -0.39 is 0 Å². The summed E-state index contributed by atoms with van der Waals surface area (Å²) in [6.07, 6.45) is 10.8. The summed E-state index contributed by atoms with van der Waals surface area (Å²) in [5.74, 6) is 0. The van der Waals surface area contributed by atoms with Crippen LogP contribution in [0.4, 0.5) is 9.41 Å². The lowest BCUT2D eigenvalue weighted by Gasteiger charge is -2.24. The second kappa shape index (κ2) is 5.95. The second-order valence-corrected chi connectivity index (χ2v) is 3.64. The molecule has 1 aliphatic carbocycles. The summed E-state index contributed by atoms with van der Waals surface area (Å²) in [5.41, 5.74) is 1.65. The highest BCUT2D eigenvalue weighted by Crippen LogP contribution is 2.23. The largest absolute Gasteiger partial charge is 0.375 e. The van der Waals surface area contributed by atoms with Gasteiger partial charge in [-0.1, -0.05) is 6.08 Å². The van der Waals surface area contributed by atoms with Crippen molar-refractivity contribution in [3.05, 3.63) is 11.8 Å². The number of allylic oxidation sites excluding steroid dienone is 2. The third kappa shape index (κ3) is 2.98. The summed E-state index contributed by atoms with van der Waals surface area (Å²) in [6, 6.07) is 0. The molecule has 0 bridgehead atoms. The monoisotopic (exact) mass is 191 g/mol. The Balaban J connectivity index is 0.000000720. The van der Waals surface area contributed by atoms with Crippen LogP contribution in [0.15, 0.2) is 11.8 Å². The second-order valence-electron chi connectivity index (χ2n) is 3.64. The zero-order chi connectivity index (χ0) is 7.52. The third-order valence-corrected chi connectivity index (χ3v) is 2.78. The molecule has 1 saturated heterocycles. The Kier molecular flexibility index (Phi) is 5.67. The van der Waals surface area contributed by atoms with Gasteiger partial charge in [-0.2, -0.15) is 0 Å². The Hall–Kier alpha value is -0.600. The summed E-state index contributed by atoms with van der Waals surface area (Å²) in [4.78, 5) is 2.58. The Bertz CT molecular complexity index is 162. The van der Waals surface area contributed by atoms with Crippen LogP contribution in [0.5, 0.6) is 0 Å². The zero-order valence-electron chi connectivity index (χ0n) is 8.00. The van der Waals surface area contributed by atoms with E-state index in [0.29, 0.717) is 0 Å². The first-order chi connectivity index (χ1) is 5.47. The van der Waals surface area contributed by atoms with Gasteiger partial charge in [0.1, 0.15) is 0 Å². The van der Waals surface area contributed by atoms with Crippen LogP contribution in [0.3, 0.4) is 0 Å². The van der Waals surface area contributed by atoms with Crippen molar-refractivity contribution >= 4 is 0 Å². The maximum absolute atomic E-state index is 2.58. The fourth-order valence-corrected chi connectivity index (χ4v) is 2.11. The highest BCUT2D eigenvalue weighted by molar-refractivity contribution is 5.05. The number of rotatable bonds is 1. The van der Waals surface area contributed by atoms with Gasteiger partial charge in [-0.15, -0.1) is 0 Å². The zero-order valence-corrected chi connectivity index (χ0v) is 8.00. The van der Waals surface area contributed by atoms with Crippen LogP contribution in [0, 0.1) is 0 Å². The molecule has 0 spiro atoms. The molecule has 2 aliphatic rings. The first-order valence-corrected chi connectivity index (χ1v) is 4.91. The van der Waals surface area contributed by atoms with E-state index >= 15 is 0 Å². The molecule has 0 aromatic carbocycles. The number of hydrogen-bond donors (Lipinski definition) is 0. The minimum atomic E-state index is 0. The lowest BCUT2D eigenvalue weighted by Crippen LogP contribution is -2.19. The van der Waals surface area contributed by atoms with Gasteiger partial charge in [0.15, 0.2) is 0 Å². The first-order valence-electron chi connectivity index (χ1n) is 4.91. The van der Waals surface area contributed by atoms with Crippen LogP contribution in [-0.2, 0) is 0 Å². The topological polar surface area (TPSA) is 3.24 Å². The molecule has 0 radical (unpaired) electrons. The molecular weight excluding hydrogens is 172 g/mol. The van der Waals surface area contributed by atoms with Crippen LogP contribution < -0.4 is 0 Å². The van der Waals surface area contributed by atoms with Crippen LogP contribution in [-0.4, -0.2) is 18.0 Å². The van der Waals surface area contributed by atoms with Crippen molar-refractivity contribution in [2.45, 2.75) is 38.5 Å². The quantitative estimate of drug-likeness (QED) is 0.616. The molecule has 0 atom stereocenters. The molecule has 1 fully saturated rings. The molecular formula is C10H19F2N. The van der Waals surface area contributed by atoms with Gasteiger partial charge in [0, 0.05) is 18.8 Å². The Morgan fingerprint density at radius 3 is 2.15 bits per heavy atom. The van der Waals surface area contributed by atoms with Gasteiger partial charge in [-0.05, 0) is 38.5 Å². The number of nitrogens with zero attached hydrogens (tertiary/aromatic N) is 1. The maximum atomic E-state index is 2.58. The van der Waals surface area contributed by atoms with Crippen LogP contribution in [0.25, 0.3) is 0 Å². The van der Waals surface area contributed by atoms with Crippen LogP contribution >= 0.6 is 0 Å². The lowest BCUT2D eigenvalue weighted by molar-refractivity contribution is 0.392. The molecule has 0 unspecified atom stereocenters. The van der Waals surface area contributed by atoms with Crippen LogP contribution in [0.1, 0.15) is 38.5 Å². The van der Waals surface area contributed by atoms with Gasteiger partial charge in [0.25, 0.3) is 0 Å². The van der Waals surface area contributed by atoms with Crippen molar-refractivity contribution in [1.29, 1.82) is 0 Å². The minimum absolute atomic E-state index is 0. The van der Waals surface area contributed by atoms with E-state index in [1.54, 1.807) is 5.70 Å². The first kappa shape index (κ1) is 12.4. The molecule has 1 nitrogen and oxygen atoms in total. The Morgan fingerprint density at radius 1 is 0.923 bits per heavy atom. The van der Waals surface area contributed by atoms with E-state index in [1.165, 1.54) is 51.6 Å². The number of likely N-dealkylation sites (tertiary alicyclic amines) is 1.